The molecule has 2 saturated heterocycles. The number of carbonyl (C=O) groups excluding carboxylic acids is 1. The summed E-state index contributed by atoms with van der Waals surface area (Å²) >= 11 is 0. The van der Waals surface area contributed by atoms with Crippen LogP contribution in [0.25, 0.3) is 0 Å². The van der Waals surface area contributed by atoms with Crippen LogP contribution in [0.4, 0.5) is 4.79 Å². The van der Waals surface area contributed by atoms with Crippen molar-refractivity contribution < 1.29 is 19.0 Å². The smallest absolute Gasteiger partial charge is 0.411 e. The fourth-order valence-corrected chi connectivity index (χ4v) is 3.30. The molecule has 2 aliphatic heterocycles. The van der Waals surface area contributed by atoms with Crippen LogP contribution in [0.1, 0.15) is 54.4 Å². The third-order valence-electron chi connectivity index (χ3n) is 3.96. The predicted octanol–water partition coefficient (Wildman–Crippen LogP) is 2.82. The quantitative estimate of drug-likeness (QED) is 0.784. The van der Waals surface area contributed by atoms with Gasteiger partial charge in [0.1, 0.15) is 17.8 Å². The third-order valence-corrected chi connectivity index (χ3v) is 3.96. The average Bonchev–Trinajstić information content (AvgIpc) is 2.79. The highest BCUT2D eigenvalue weighted by Crippen LogP contribution is 2.42. The van der Waals surface area contributed by atoms with Gasteiger partial charge in [-0.05, 0) is 41.0 Å². The van der Waals surface area contributed by atoms with Crippen LogP contribution in [-0.2, 0) is 14.2 Å². The van der Waals surface area contributed by atoms with Crippen molar-refractivity contribution in [2.45, 2.75) is 90.1 Å². The molecule has 124 valence electrons. The van der Waals surface area contributed by atoms with Gasteiger partial charge < -0.3 is 14.2 Å². The van der Waals surface area contributed by atoms with E-state index in [9.17, 15) is 4.79 Å². The normalized spacial score (nSPS) is 33.4. The molecule has 2 aliphatic rings. The molecule has 2 heterocycles. The topological polar surface area (TPSA) is 71.8 Å². The van der Waals surface area contributed by atoms with Gasteiger partial charge in [0.15, 0.2) is 5.79 Å². The van der Waals surface area contributed by atoms with Gasteiger partial charge in [0, 0.05) is 0 Å². The molecular weight excluding hydrogens is 284 g/mol. The fraction of sp³-hybridized carbons (Fsp3) is 0.875. The van der Waals surface area contributed by atoms with E-state index in [0.29, 0.717) is 0 Å². The van der Waals surface area contributed by atoms with E-state index < -0.39 is 17.5 Å². The van der Waals surface area contributed by atoms with Gasteiger partial charge in [-0.15, -0.1) is 0 Å². The van der Waals surface area contributed by atoms with Gasteiger partial charge in [-0.2, -0.15) is 5.26 Å². The van der Waals surface area contributed by atoms with Crippen LogP contribution in [0.5, 0.6) is 0 Å². The Morgan fingerprint density at radius 3 is 2.27 bits per heavy atom. The van der Waals surface area contributed by atoms with E-state index in [-0.39, 0.29) is 30.7 Å². The highest BCUT2D eigenvalue weighted by atomic mass is 16.8. The van der Waals surface area contributed by atoms with E-state index in [1.165, 1.54) is 0 Å². The van der Waals surface area contributed by atoms with Crippen LogP contribution >= 0.6 is 0 Å². The maximum atomic E-state index is 12.6. The number of fused-ring (bicyclic) bond motifs is 1. The van der Waals surface area contributed by atoms with Crippen LogP contribution in [0.2, 0.25) is 0 Å². The zero-order chi connectivity index (χ0) is 16.7. The zero-order valence-corrected chi connectivity index (χ0v) is 14.3. The number of carbonyl (C=O) groups is 1. The predicted molar refractivity (Wildman–Crippen MR) is 80.0 cm³/mol. The highest BCUT2D eigenvalue weighted by Gasteiger charge is 2.59. The van der Waals surface area contributed by atoms with Crippen molar-refractivity contribution in [2.24, 2.45) is 0 Å². The molecule has 0 spiro atoms. The molecule has 1 amide bonds. The Bertz CT molecular complexity index is 478. The second kappa shape index (κ2) is 5.71. The van der Waals surface area contributed by atoms with Gasteiger partial charge in [-0.3, -0.25) is 4.90 Å². The lowest BCUT2D eigenvalue weighted by Gasteiger charge is -2.34. The molecule has 4 atom stereocenters. The summed E-state index contributed by atoms with van der Waals surface area (Å²) in [6.07, 6.45) is 0.0231. The van der Waals surface area contributed by atoms with Crippen LogP contribution in [0.15, 0.2) is 0 Å². The molecule has 0 radical (unpaired) electrons. The first-order valence-corrected chi connectivity index (χ1v) is 7.83. The summed E-state index contributed by atoms with van der Waals surface area (Å²) < 4.78 is 17.5. The summed E-state index contributed by atoms with van der Waals surface area (Å²) in [7, 11) is 0. The summed E-state index contributed by atoms with van der Waals surface area (Å²) in [5.74, 6) is -0.684. The minimum Gasteiger partial charge on any atom is -0.444 e. The van der Waals surface area contributed by atoms with Crippen molar-refractivity contribution in [1.29, 1.82) is 5.26 Å². The van der Waals surface area contributed by atoms with Crippen molar-refractivity contribution in [3.05, 3.63) is 0 Å². The number of hydrogen-bond donors (Lipinski definition) is 0. The number of rotatable bonds is 2. The van der Waals surface area contributed by atoms with Crippen molar-refractivity contribution >= 4 is 6.09 Å². The SMILES string of the molecule is CC[C@@H]1[C@@H]2OC(C)(C)OC2[C@@H](CC#N)N1C(=O)OC(C)(C)C. The summed E-state index contributed by atoms with van der Waals surface area (Å²) in [6, 6.07) is 1.68. The van der Waals surface area contributed by atoms with Crippen molar-refractivity contribution in [1.82, 2.24) is 4.90 Å². The number of nitrogens with zero attached hydrogens (tertiary/aromatic N) is 2. The second-order valence-corrected chi connectivity index (χ2v) is 7.36. The summed E-state index contributed by atoms with van der Waals surface area (Å²) in [4.78, 5) is 14.2. The lowest BCUT2D eigenvalue weighted by molar-refractivity contribution is -0.166. The maximum Gasteiger partial charge on any atom is 0.411 e. The number of amides is 1. The van der Waals surface area contributed by atoms with Crippen molar-refractivity contribution in [3.63, 3.8) is 0 Å². The lowest BCUT2D eigenvalue weighted by Crippen LogP contribution is -2.48. The number of likely N-dealkylation sites (tertiary alicyclic amines) is 1. The van der Waals surface area contributed by atoms with Crippen LogP contribution < -0.4 is 0 Å². The summed E-state index contributed by atoms with van der Waals surface area (Å²) in [5, 5.41) is 9.14. The van der Waals surface area contributed by atoms with Crippen molar-refractivity contribution in [3.8, 4) is 6.07 Å². The Balaban J connectivity index is 2.28. The second-order valence-electron chi connectivity index (χ2n) is 7.36. The average molecular weight is 310 g/mol. The van der Waals surface area contributed by atoms with E-state index in [1.54, 1.807) is 4.90 Å². The number of ether oxygens (including phenoxy) is 3. The zero-order valence-electron chi connectivity index (χ0n) is 14.3. The van der Waals surface area contributed by atoms with Gasteiger partial charge >= 0.3 is 6.09 Å². The maximum absolute atomic E-state index is 12.6. The third kappa shape index (κ3) is 3.21. The van der Waals surface area contributed by atoms with E-state index in [4.69, 9.17) is 19.5 Å². The molecule has 0 bridgehead atoms. The first-order valence-electron chi connectivity index (χ1n) is 7.83. The highest BCUT2D eigenvalue weighted by molar-refractivity contribution is 5.70. The molecule has 22 heavy (non-hydrogen) atoms. The first kappa shape index (κ1) is 17.0. The van der Waals surface area contributed by atoms with E-state index in [1.807, 2.05) is 41.5 Å². The van der Waals surface area contributed by atoms with Crippen LogP contribution in [0.3, 0.4) is 0 Å². The number of nitriles is 1. The molecule has 0 saturated carbocycles. The van der Waals surface area contributed by atoms with E-state index in [0.717, 1.165) is 6.42 Å². The molecule has 0 aromatic carbocycles. The Morgan fingerprint density at radius 1 is 1.27 bits per heavy atom. The molecule has 0 aromatic heterocycles. The minimum atomic E-state index is -0.684. The molecule has 0 aromatic rings. The van der Waals surface area contributed by atoms with Crippen LogP contribution in [0, 0.1) is 11.3 Å². The molecule has 6 heteroatoms. The Labute approximate surface area is 132 Å². The molecule has 0 aliphatic carbocycles. The molecule has 0 N–H and O–H groups in total. The summed E-state index contributed by atoms with van der Waals surface area (Å²) in [6.45, 7) is 11.2. The molecular formula is C16H26N2O4. The van der Waals surface area contributed by atoms with Gasteiger partial charge in [0.05, 0.1) is 24.6 Å². The van der Waals surface area contributed by atoms with Gasteiger partial charge in [-0.25, -0.2) is 4.79 Å². The molecule has 6 nitrogen and oxygen atoms in total. The fourth-order valence-electron chi connectivity index (χ4n) is 3.30. The van der Waals surface area contributed by atoms with E-state index in [2.05, 4.69) is 6.07 Å². The summed E-state index contributed by atoms with van der Waals surface area (Å²) in [5.41, 5.74) is -0.578. The minimum absolute atomic E-state index is 0.139. The van der Waals surface area contributed by atoms with Crippen LogP contribution in [-0.4, -0.2) is 46.7 Å². The van der Waals surface area contributed by atoms with Gasteiger partial charge in [-0.1, -0.05) is 6.92 Å². The van der Waals surface area contributed by atoms with Crippen molar-refractivity contribution in [2.75, 3.05) is 0 Å². The molecule has 2 fully saturated rings. The number of hydrogen-bond acceptors (Lipinski definition) is 5. The largest absolute Gasteiger partial charge is 0.444 e. The lowest BCUT2D eigenvalue weighted by atomic mass is 10.1. The van der Waals surface area contributed by atoms with Gasteiger partial charge in [0.2, 0.25) is 0 Å². The first-order chi connectivity index (χ1) is 10.1. The standard InChI is InChI=1S/C16H26N2O4/c1-7-10-12-13(21-16(5,6)20-12)11(8-9-17)18(10)14(19)22-15(2,3)4/h10-13H,7-8H2,1-6H3/t10-,11-,12+,13?/m1/s1. The molecule has 2 rings (SSSR count). The Kier molecular flexibility index (Phi) is 4.42. The van der Waals surface area contributed by atoms with Gasteiger partial charge in [0.25, 0.3) is 0 Å². The Morgan fingerprint density at radius 2 is 1.82 bits per heavy atom. The molecule has 1 unspecified atom stereocenters. The Hall–Kier alpha value is -1.32. The monoisotopic (exact) mass is 310 g/mol. The van der Waals surface area contributed by atoms with E-state index >= 15 is 0 Å².